The van der Waals surface area contributed by atoms with Gasteiger partial charge in [-0.2, -0.15) is 0 Å². The average molecular weight is 461 g/mol. The van der Waals surface area contributed by atoms with Crippen molar-refractivity contribution in [1.29, 1.82) is 0 Å². The third kappa shape index (κ3) is 4.22. The minimum atomic E-state index is -0.246. The maximum atomic E-state index is 13.2. The number of nitrogens with zero attached hydrogens (tertiary/aromatic N) is 2. The molecule has 2 heterocycles. The summed E-state index contributed by atoms with van der Waals surface area (Å²) in [6.07, 6.45) is 1.67. The molecule has 0 amide bonds. The highest BCUT2D eigenvalue weighted by Crippen LogP contribution is 2.40. The van der Waals surface area contributed by atoms with E-state index in [4.69, 9.17) is 9.47 Å². The third-order valence-electron chi connectivity index (χ3n) is 6.29. The molecule has 1 N–H and O–H groups in total. The van der Waals surface area contributed by atoms with E-state index in [9.17, 15) is 14.3 Å². The standard InChI is InChI=1S/C27H25FN2O4/c1-33-24-5-3-2-4-18(24)16-25-26(32)21-10-11-23(31)22(27(21)34-25)17-29-12-14-30(15-13-29)20-8-6-19(28)7-9-20/h2-11,16,31H,12-15,17H2,1H3/b25-16-. The van der Waals surface area contributed by atoms with E-state index in [1.54, 1.807) is 37.5 Å². The van der Waals surface area contributed by atoms with E-state index >= 15 is 0 Å². The number of ether oxygens (including phenoxy) is 2. The largest absolute Gasteiger partial charge is 0.507 e. The van der Waals surface area contributed by atoms with Crippen LogP contribution in [0.5, 0.6) is 17.2 Å². The number of Topliss-reactive ketones (excluding diaryl/α,β-unsaturated/α-hetero) is 1. The molecule has 7 heteroatoms. The second-order valence-electron chi connectivity index (χ2n) is 8.36. The Balaban J connectivity index is 1.33. The highest BCUT2D eigenvalue weighted by Gasteiger charge is 2.32. The number of ketones is 1. The van der Waals surface area contributed by atoms with Crippen LogP contribution in [0.25, 0.3) is 6.08 Å². The van der Waals surface area contributed by atoms with Gasteiger partial charge in [-0.15, -0.1) is 0 Å². The van der Waals surface area contributed by atoms with Crippen LogP contribution in [-0.2, 0) is 6.54 Å². The van der Waals surface area contributed by atoms with E-state index in [-0.39, 0.29) is 23.1 Å². The molecule has 0 spiro atoms. The zero-order valence-electron chi connectivity index (χ0n) is 18.8. The molecule has 0 atom stereocenters. The van der Waals surface area contributed by atoms with Crippen LogP contribution in [0.4, 0.5) is 10.1 Å². The third-order valence-corrected chi connectivity index (χ3v) is 6.29. The molecular formula is C27H25FN2O4. The molecule has 0 bridgehead atoms. The number of allylic oxidation sites excluding steroid dienone is 1. The van der Waals surface area contributed by atoms with E-state index in [2.05, 4.69) is 9.80 Å². The molecule has 0 saturated carbocycles. The Hall–Kier alpha value is -3.84. The van der Waals surface area contributed by atoms with Crippen molar-refractivity contribution in [3.8, 4) is 17.2 Å². The van der Waals surface area contributed by atoms with Crippen molar-refractivity contribution in [2.75, 3.05) is 38.2 Å². The SMILES string of the molecule is COc1ccccc1/C=C1\Oc2c(ccc(O)c2CN2CCN(c3ccc(F)cc3)CC2)C1=O. The van der Waals surface area contributed by atoms with Crippen LogP contribution in [0.15, 0.2) is 66.4 Å². The van der Waals surface area contributed by atoms with Gasteiger partial charge in [-0.3, -0.25) is 9.69 Å². The van der Waals surface area contributed by atoms with E-state index < -0.39 is 0 Å². The molecule has 2 aliphatic heterocycles. The van der Waals surface area contributed by atoms with E-state index in [1.165, 1.54) is 12.1 Å². The Bertz CT molecular complexity index is 1250. The van der Waals surface area contributed by atoms with E-state index in [0.29, 0.717) is 29.2 Å². The number of hydrogen-bond acceptors (Lipinski definition) is 6. The topological polar surface area (TPSA) is 62.2 Å². The number of hydrogen-bond donors (Lipinski definition) is 1. The minimum absolute atomic E-state index is 0.103. The van der Waals surface area contributed by atoms with E-state index in [0.717, 1.165) is 37.4 Å². The summed E-state index contributed by atoms with van der Waals surface area (Å²) in [5.74, 6) is 0.892. The van der Waals surface area contributed by atoms with Crippen molar-refractivity contribution < 1.29 is 23.8 Å². The molecule has 1 saturated heterocycles. The van der Waals surface area contributed by atoms with Gasteiger partial charge in [-0.25, -0.2) is 4.39 Å². The van der Waals surface area contributed by atoms with Gasteiger partial charge in [0.1, 0.15) is 23.1 Å². The first-order chi connectivity index (χ1) is 16.5. The lowest BCUT2D eigenvalue weighted by Crippen LogP contribution is -2.46. The lowest BCUT2D eigenvalue weighted by molar-refractivity contribution is 0.101. The summed E-state index contributed by atoms with van der Waals surface area (Å²) in [6, 6.07) is 17.1. The fourth-order valence-electron chi connectivity index (χ4n) is 4.42. The number of phenols is 1. The van der Waals surface area contributed by atoms with Crippen molar-refractivity contribution >= 4 is 17.5 Å². The van der Waals surface area contributed by atoms with Crippen LogP contribution < -0.4 is 14.4 Å². The number of methoxy groups -OCH3 is 1. The summed E-state index contributed by atoms with van der Waals surface area (Å²) in [5, 5.41) is 10.6. The fraction of sp³-hybridized carbons (Fsp3) is 0.222. The van der Waals surface area contributed by atoms with Crippen LogP contribution in [0.2, 0.25) is 0 Å². The first kappa shape index (κ1) is 22.0. The Kier molecular flexibility index (Phi) is 5.94. The van der Waals surface area contributed by atoms with Gasteiger partial charge in [-0.1, -0.05) is 18.2 Å². The molecule has 0 unspecified atom stereocenters. The first-order valence-electron chi connectivity index (χ1n) is 11.2. The molecule has 2 aliphatic rings. The van der Waals surface area contributed by atoms with Crippen LogP contribution in [0, 0.1) is 5.82 Å². The highest BCUT2D eigenvalue weighted by molar-refractivity contribution is 6.15. The maximum absolute atomic E-state index is 13.2. The van der Waals surface area contributed by atoms with Crippen LogP contribution in [0.3, 0.4) is 0 Å². The molecular weight excluding hydrogens is 435 g/mol. The summed E-state index contributed by atoms with van der Waals surface area (Å²) in [5.41, 5.74) is 2.77. The molecule has 5 rings (SSSR count). The number of halogens is 1. The molecule has 6 nitrogen and oxygen atoms in total. The van der Waals surface area contributed by atoms with Gasteiger partial charge in [-0.05, 0) is 48.5 Å². The minimum Gasteiger partial charge on any atom is -0.507 e. The van der Waals surface area contributed by atoms with Crippen molar-refractivity contribution in [1.82, 2.24) is 4.90 Å². The molecule has 0 aliphatic carbocycles. The Labute approximate surface area is 197 Å². The van der Waals surface area contributed by atoms with Gasteiger partial charge in [0, 0.05) is 44.0 Å². The number of phenolic OH excluding ortho intramolecular Hbond substituents is 1. The predicted molar refractivity (Wildman–Crippen MR) is 128 cm³/mol. The quantitative estimate of drug-likeness (QED) is 0.567. The van der Waals surface area contributed by atoms with Crippen molar-refractivity contribution in [2.24, 2.45) is 0 Å². The number of piperazine rings is 1. The second kappa shape index (κ2) is 9.19. The van der Waals surface area contributed by atoms with E-state index in [1.807, 2.05) is 24.3 Å². The molecule has 0 radical (unpaired) electrons. The van der Waals surface area contributed by atoms with Gasteiger partial charge in [0.15, 0.2) is 5.76 Å². The highest BCUT2D eigenvalue weighted by atomic mass is 19.1. The number of anilines is 1. The fourth-order valence-corrected chi connectivity index (χ4v) is 4.42. The summed E-state index contributed by atoms with van der Waals surface area (Å²) in [6.45, 7) is 3.54. The zero-order chi connectivity index (χ0) is 23.7. The van der Waals surface area contributed by atoms with Gasteiger partial charge >= 0.3 is 0 Å². The number of benzene rings is 3. The van der Waals surface area contributed by atoms with Crippen molar-refractivity contribution in [3.05, 3.63) is 88.9 Å². The predicted octanol–water partition coefficient (Wildman–Crippen LogP) is 4.48. The van der Waals surface area contributed by atoms with Crippen molar-refractivity contribution in [3.63, 3.8) is 0 Å². The lowest BCUT2D eigenvalue weighted by Gasteiger charge is -2.36. The average Bonchev–Trinajstić information content (AvgIpc) is 3.17. The summed E-state index contributed by atoms with van der Waals surface area (Å²) >= 11 is 0. The monoisotopic (exact) mass is 460 g/mol. The van der Waals surface area contributed by atoms with Crippen molar-refractivity contribution in [2.45, 2.75) is 6.54 Å². The zero-order valence-corrected chi connectivity index (χ0v) is 18.8. The molecule has 174 valence electrons. The summed E-state index contributed by atoms with van der Waals surface area (Å²) in [4.78, 5) is 17.4. The molecule has 1 fully saturated rings. The van der Waals surface area contributed by atoms with Crippen LogP contribution >= 0.6 is 0 Å². The normalized spacial score (nSPS) is 17.1. The summed E-state index contributed by atoms with van der Waals surface area (Å²) in [7, 11) is 1.58. The number of fused-ring (bicyclic) bond motifs is 1. The Morgan fingerprint density at radius 1 is 1.03 bits per heavy atom. The lowest BCUT2D eigenvalue weighted by atomic mass is 10.0. The molecule has 3 aromatic rings. The Morgan fingerprint density at radius 2 is 1.76 bits per heavy atom. The Morgan fingerprint density at radius 3 is 2.50 bits per heavy atom. The first-order valence-corrected chi connectivity index (χ1v) is 11.2. The maximum Gasteiger partial charge on any atom is 0.231 e. The van der Waals surface area contributed by atoms with Gasteiger partial charge in [0.05, 0.1) is 18.2 Å². The number of rotatable bonds is 5. The smallest absolute Gasteiger partial charge is 0.231 e. The summed E-state index contributed by atoms with van der Waals surface area (Å²) < 4.78 is 24.6. The van der Waals surface area contributed by atoms with Gasteiger partial charge in [0.25, 0.3) is 0 Å². The number of carbonyl (C=O) groups is 1. The van der Waals surface area contributed by atoms with Crippen LogP contribution in [-0.4, -0.2) is 49.1 Å². The molecule has 0 aromatic heterocycles. The molecule has 3 aromatic carbocycles. The van der Waals surface area contributed by atoms with Gasteiger partial charge < -0.3 is 19.5 Å². The van der Waals surface area contributed by atoms with Crippen LogP contribution in [0.1, 0.15) is 21.5 Å². The number of aromatic hydroxyl groups is 1. The number of carbonyl (C=O) groups excluding carboxylic acids is 1. The second-order valence-corrected chi connectivity index (χ2v) is 8.36. The van der Waals surface area contributed by atoms with Gasteiger partial charge in [0.2, 0.25) is 5.78 Å². The molecule has 34 heavy (non-hydrogen) atoms. The number of para-hydroxylation sites is 1.